The number of rotatable bonds is 19. The molecule has 270 valence electrons. The molecule has 0 bridgehead atoms. The molecule has 0 amide bonds. The Morgan fingerprint density at radius 3 is 1.26 bits per heavy atom. The highest BCUT2D eigenvalue weighted by Crippen LogP contribution is 2.63. The molecule has 0 unspecified atom stereocenters. The molecule has 1 aromatic rings. The third kappa shape index (κ3) is 8.89. The first-order valence-electron chi connectivity index (χ1n) is 13.1. The van der Waals surface area contributed by atoms with Gasteiger partial charge in [0.15, 0.2) is 0 Å². The smallest absolute Gasteiger partial charge is 0.200 e. The van der Waals surface area contributed by atoms with Gasteiger partial charge in [0.25, 0.3) is 0 Å². The Hall–Kier alpha value is -2.06. The van der Waals surface area contributed by atoms with E-state index in [2.05, 4.69) is 4.18 Å². The second-order valence-electron chi connectivity index (χ2n) is 10.4. The van der Waals surface area contributed by atoms with Crippen LogP contribution in [0.3, 0.4) is 0 Å². The minimum Gasteiger partial charge on any atom is -0.200 e. The van der Waals surface area contributed by atoms with Crippen LogP contribution in [0.2, 0.25) is 0 Å². The SMILES string of the molecule is Cc1ccc(S(=O)(=O)OC(F)(F)C(F)(F)C(F)(F)C(F)(F)C(F)(F)C(F)(F)C(F)(F)CCCCCCCCCCC(F)(F)F)cc1. The highest BCUT2D eigenvalue weighted by atomic mass is 32.2. The van der Waals surface area contributed by atoms with Crippen molar-refractivity contribution in [1.82, 2.24) is 0 Å². The lowest BCUT2D eigenvalue weighted by Crippen LogP contribution is -2.73. The molecule has 0 radical (unpaired) electrons. The van der Waals surface area contributed by atoms with Crippen molar-refractivity contribution in [2.45, 2.75) is 124 Å². The van der Waals surface area contributed by atoms with Crippen LogP contribution in [0.25, 0.3) is 0 Å². The zero-order chi connectivity index (χ0) is 36.3. The van der Waals surface area contributed by atoms with Gasteiger partial charge in [0, 0.05) is 12.8 Å². The summed E-state index contributed by atoms with van der Waals surface area (Å²) < 4.78 is 260. The molecule has 0 aliphatic heterocycles. The molecular weight excluding hydrogens is 703 g/mol. The molecule has 1 aromatic carbocycles. The van der Waals surface area contributed by atoms with Gasteiger partial charge in [-0.3, -0.25) is 0 Å². The summed E-state index contributed by atoms with van der Waals surface area (Å²) in [5.74, 6) is -46.8. The van der Waals surface area contributed by atoms with E-state index in [1.807, 2.05) is 0 Å². The Morgan fingerprint density at radius 1 is 0.500 bits per heavy atom. The van der Waals surface area contributed by atoms with Crippen molar-refractivity contribution in [2.24, 2.45) is 0 Å². The quantitative estimate of drug-likeness (QED) is 0.0809. The van der Waals surface area contributed by atoms with E-state index in [4.69, 9.17) is 0 Å². The van der Waals surface area contributed by atoms with E-state index >= 15 is 0 Å². The number of halogens is 17. The third-order valence-corrected chi connectivity index (χ3v) is 7.91. The van der Waals surface area contributed by atoms with Gasteiger partial charge in [0.2, 0.25) is 0 Å². The highest BCUT2D eigenvalue weighted by Gasteiger charge is 2.93. The minimum atomic E-state index is -8.39. The third-order valence-electron chi connectivity index (χ3n) is 6.63. The topological polar surface area (TPSA) is 43.4 Å². The summed E-state index contributed by atoms with van der Waals surface area (Å²) in [6.07, 6.45) is -16.4. The number of aryl methyl sites for hydroxylation is 1. The Balaban J connectivity index is 3.04. The maximum atomic E-state index is 14.1. The molecule has 1 rings (SSSR count). The second kappa shape index (κ2) is 14.2. The van der Waals surface area contributed by atoms with Crippen LogP contribution in [0, 0.1) is 6.92 Å². The van der Waals surface area contributed by atoms with E-state index in [1.165, 1.54) is 6.92 Å². The summed E-state index contributed by atoms with van der Waals surface area (Å²) >= 11 is 0. The molecule has 0 saturated carbocycles. The van der Waals surface area contributed by atoms with E-state index in [0.717, 1.165) is 12.1 Å². The average Bonchev–Trinajstić information content (AvgIpc) is 2.88. The molecular formula is C25H27F17O3S. The summed E-state index contributed by atoms with van der Waals surface area (Å²) in [7, 11) is -6.24. The van der Waals surface area contributed by atoms with Crippen molar-refractivity contribution in [2.75, 3.05) is 0 Å². The standard InChI is InChI=1S/C25H27F17O3S/c1-16-10-12-17(13-11-16)46(43,44)45-25(41,42)24(39,40)23(37,38)22(35,36)21(33,34)20(31,32)18(26,27)14-8-6-4-2-3-5-7-9-15-19(28,29)30/h10-13H,2-9,14-15H2,1H3. The molecule has 0 saturated heterocycles. The van der Waals surface area contributed by atoms with Crippen LogP contribution in [-0.4, -0.2) is 56.2 Å². The van der Waals surface area contributed by atoms with Gasteiger partial charge < -0.3 is 0 Å². The molecule has 0 atom stereocenters. The van der Waals surface area contributed by atoms with Crippen molar-refractivity contribution in [3.8, 4) is 0 Å². The molecule has 0 N–H and O–H groups in total. The maximum absolute atomic E-state index is 14.1. The van der Waals surface area contributed by atoms with Gasteiger partial charge in [-0.2, -0.15) is 87.2 Å². The van der Waals surface area contributed by atoms with E-state index in [9.17, 15) is 83.1 Å². The molecule has 3 nitrogen and oxygen atoms in total. The highest BCUT2D eigenvalue weighted by molar-refractivity contribution is 7.86. The van der Waals surface area contributed by atoms with Crippen molar-refractivity contribution in [3.05, 3.63) is 29.8 Å². The Morgan fingerprint density at radius 2 is 0.848 bits per heavy atom. The van der Waals surface area contributed by atoms with Gasteiger partial charge in [-0.15, -0.1) is 0 Å². The molecule has 46 heavy (non-hydrogen) atoms. The van der Waals surface area contributed by atoms with Gasteiger partial charge in [0.05, 0.1) is 4.90 Å². The lowest BCUT2D eigenvalue weighted by Gasteiger charge is -2.42. The van der Waals surface area contributed by atoms with E-state index in [-0.39, 0.29) is 44.1 Å². The second-order valence-corrected chi connectivity index (χ2v) is 11.9. The molecule has 0 aliphatic carbocycles. The Labute approximate surface area is 251 Å². The summed E-state index contributed by atoms with van der Waals surface area (Å²) in [5.41, 5.74) is 0.221. The fourth-order valence-electron chi connectivity index (χ4n) is 3.84. The molecule has 0 spiro atoms. The van der Waals surface area contributed by atoms with Gasteiger partial charge >= 0.3 is 57.9 Å². The van der Waals surface area contributed by atoms with Gasteiger partial charge in [0.1, 0.15) is 0 Å². The maximum Gasteiger partial charge on any atom is 0.440 e. The molecule has 0 aliphatic rings. The summed E-state index contributed by atoms with van der Waals surface area (Å²) in [6, 6.07) is 2.46. The Kier molecular flexibility index (Phi) is 13.0. The summed E-state index contributed by atoms with van der Waals surface area (Å²) in [5, 5.41) is 0. The Bertz CT molecular complexity index is 1230. The fourth-order valence-corrected chi connectivity index (χ4v) is 4.78. The number of hydrogen-bond acceptors (Lipinski definition) is 3. The zero-order valence-electron chi connectivity index (χ0n) is 23.4. The van der Waals surface area contributed by atoms with Crippen molar-refractivity contribution < 1.29 is 87.2 Å². The monoisotopic (exact) mass is 730 g/mol. The van der Waals surface area contributed by atoms with Crippen LogP contribution in [0.5, 0.6) is 0 Å². The van der Waals surface area contributed by atoms with Crippen LogP contribution in [0.4, 0.5) is 74.6 Å². The fraction of sp³-hybridized carbons (Fsp3) is 0.760. The van der Waals surface area contributed by atoms with Crippen LogP contribution in [0.1, 0.15) is 69.8 Å². The van der Waals surface area contributed by atoms with Crippen LogP contribution in [-0.2, 0) is 14.3 Å². The molecule has 0 heterocycles. The first kappa shape index (κ1) is 42.0. The van der Waals surface area contributed by atoms with Crippen molar-refractivity contribution in [3.63, 3.8) is 0 Å². The molecule has 21 heteroatoms. The number of alkyl halides is 17. The van der Waals surface area contributed by atoms with Crippen LogP contribution < -0.4 is 0 Å². The number of unbranched alkanes of at least 4 members (excludes halogenated alkanes) is 7. The van der Waals surface area contributed by atoms with Crippen molar-refractivity contribution in [1.29, 1.82) is 0 Å². The van der Waals surface area contributed by atoms with E-state index in [0.29, 0.717) is 12.1 Å². The van der Waals surface area contributed by atoms with Crippen molar-refractivity contribution >= 4 is 10.1 Å². The predicted octanol–water partition coefficient (Wildman–Crippen LogP) is 10.6. The molecule has 0 fully saturated rings. The largest absolute Gasteiger partial charge is 0.440 e. The number of hydrogen-bond donors (Lipinski definition) is 0. The normalized spacial score (nSPS) is 15.0. The molecule has 0 aromatic heterocycles. The lowest BCUT2D eigenvalue weighted by molar-refractivity contribution is -0.457. The van der Waals surface area contributed by atoms with Crippen LogP contribution >= 0.6 is 0 Å². The minimum absolute atomic E-state index is 0.0989. The van der Waals surface area contributed by atoms with Gasteiger partial charge in [-0.05, 0) is 31.9 Å². The van der Waals surface area contributed by atoms with E-state index in [1.54, 1.807) is 0 Å². The predicted molar refractivity (Wildman–Crippen MR) is 126 cm³/mol. The summed E-state index contributed by atoms with van der Waals surface area (Å²) in [4.78, 5) is -1.44. The first-order valence-corrected chi connectivity index (χ1v) is 14.6. The first-order chi connectivity index (χ1) is 20.4. The van der Waals surface area contributed by atoms with Crippen LogP contribution in [0.15, 0.2) is 29.2 Å². The van der Waals surface area contributed by atoms with E-state index < -0.39 is 88.5 Å². The average molecular weight is 731 g/mol. The lowest BCUT2D eigenvalue weighted by atomic mass is 9.89. The number of benzene rings is 1. The zero-order valence-corrected chi connectivity index (χ0v) is 24.3. The van der Waals surface area contributed by atoms with Gasteiger partial charge in [-0.25, -0.2) is 0 Å². The van der Waals surface area contributed by atoms with Gasteiger partial charge in [-0.1, -0.05) is 56.2 Å². The summed E-state index contributed by atoms with van der Waals surface area (Å²) in [6.45, 7) is 1.29.